The Bertz CT molecular complexity index is 574. The third-order valence-electron chi connectivity index (χ3n) is 3.49. The van der Waals surface area contributed by atoms with E-state index in [-0.39, 0.29) is 12.3 Å². The molecule has 0 spiro atoms. The molecule has 0 amide bonds. The Balaban J connectivity index is 2.16. The third kappa shape index (κ3) is 2.38. The molecular formula is C16H14O2S. The summed E-state index contributed by atoms with van der Waals surface area (Å²) in [4.78, 5) is 12.4. The lowest BCUT2D eigenvalue weighted by molar-refractivity contribution is -0.137. The highest BCUT2D eigenvalue weighted by atomic mass is 32.2. The Morgan fingerprint density at radius 3 is 2.58 bits per heavy atom. The minimum absolute atomic E-state index is 0.0418. The van der Waals surface area contributed by atoms with Crippen LogP contribution >= 0.6 is 11.8 Å². The largest absolute Gasteiger partial charge is 0.481 e. The normalized spacial score (nSPS) is 17.2. The topological polar surface area (TPSA) is 37.3 Å². The van der Waals surface area contributed by atoms with Gasteiger partial charge in [-0.05, 0) is 22.8 Å². The summed E-state index contributed by atoms with van der Waals surface area (Å²) in [6.07, 6.45) is 0.147. The molecule has 96 valence electrons. The van der Waals surface area contributed by atoms with Gasteiger partial charge in [0.2, 0.25) is 0 Å². The first-order valence-electron chi connectivity index (χ1n) is 6.27. The van der Waals surface area contributed by atoms with Crippen LogP contribution in [0, 0.1) is 0 Å². The van der Waals surface area contributed by atoms with Crippen LogP contribution in [0.3, 0.4) is 0 Å². The molecule has 3 heteroatoms. The standard InChI is InChI=1S/C16H14O2S/c17-16(18)9-14-12-6-2-1-5-11(12)10-19-15-8-4-3-7-13(14)15/h1-8,14H,9-10H2,(H,17,18)/t14-/m0/s1. The summed E-state index contributed by atoms with van der Waals surface area (Å²) in [5.74, 6) is 0.116. The van der Waals surface area contributed by atoms with E-state index in [0.717, 1.165) is 16.9 Å². The quantitative estimate of drug-likeness (QED) is 0.899. The lowest BCUT2D eigenvalue weighted by atomic mass is 9.86. The number of carboxylic acid groups (broad SMARTS) is 1. The van der Waals surface area contributed by atoms with Gasteiger partial charge in [0.1, 0.15) is 0 Å². The molecule has 0 aromatic heterocycles. The maximum Gasteiger partial charge on any atom is 0.304 e. The van der Waals surface area contributed by atoms with Crippen LogP contribution in [0.4, 0.5) is 0 Å². The van der Waals surface area contributed by atoms with Crippen LogP contribution in [0.25, 0.3) is 0 Å². The molecule has 0 saturated heterocycles. The van der Waals surface area contributed by atoms with E-state index in [4.69, 9.17) is 0 Å². The minimum atomic E-state index is -0.749. The van der Waals surface area contributed by atoms with Crippen molar-refractivity contribution in [2.45, 2.75) is 23.0 Å². The van der Waals surface area contributed by atoms with Gasteiger partial charge in [-0.1, -0.05) is 42.5 Å². The van der Waals surface area contributed by atoms with Gasteiger partial charge in [-0.15, -0.1) is 11.8 Å². The molecule has 1 aliphatic rings. The van der Waals surface area contributed by atoms with Crippen molar-refractivity contribution >= 4 is 17.7 Å². The fourth-order valence-corrected chi connectivity index (χ4v) is 3.75. The Morgan fingerprint density at radius 1 is 1.11 bits per heavy atom. The molecule has 0 aliphatic carbocycles. The van der Waals surface area contributed by atoms with Gasteiger partial charge in [-0.3, -0.25) is 4.79 Å². The fraction of sp³-hybridized carbons (Fsp3) is 0.188. The van der Waals surface area contributed by atoms with Crippen molar-refractivity contribution < 1.29 is 9.90 Å². The van der Waals surface area contributed by atoms with Crippen LogP contribution in [-0.4, -0.2) is 11.1 Å². The van der Waals surface area contributed by atoms with Crippen molar-refractivity contribution in [3.8, 4) is 0 Å². The second-order valence-electron chi connectivity index (χ2n) is 4.68. The van der Waals surface area contributed by atoms with Crippen molar-refractivity contribution in [3.05, 3.63) is 65.2 Å². The Kier molecular flexibility index (Phi) is 3.30. The first-order chi connectivity index (χ1) is 9.25. The number of aliphatic carboxylic acids is 1. The van der Waals surface area contributed by atoms with E-state index in [2.05, 4.69) is 24.3 Å². The zero-order valence-electron chi connectivity index (χ0n) is 10.4. The average Bonchev–Trinajstić information content (AvgIpc) is 2.57. The second kappa shape index (κ2) is 5.10. The zero-order valence-corrected chi connectivity index (χ0v) is 11.2. The molecule has 2 aromatic rings. The number of benzene rings is 2. The lowest BCUT2D eigenvalue weighted by Crippen LogP contribution is -2.09. The Hall–Kier alpha value is -1.74. The highest BCUT2D eigenvalue weighted by molar-refractivity contribution is 7.98. The molecule has 1 heterocycles. The van der Waals surface area contributed by atoms with Crippen LogP contribution in [0.15, 0.2) is 53.4 Å². The number of carboxylic acids is 1. The van der Waals surface area contributed by atoms with Crippen LogP contribution in [0.2, 0.25) is 0 Å². The predicted molar refractivity (Wildman–Crippen MR) is 76.5 cm³/mol. The molecule has 3 rings (SSSR count). The van der Waals surface area contributed by atoms with E-state index in [9.17, 15) is 9.90 Å². The summed E-state index contributed by atoms with van der Waals surface area (Å²) in [6, 6.07) is 16.3. The maximum atomic E-state index is 11.2. The summed E-state index contributed by atoms with van der Waals surface area (Å²) in [7, 11) is 0. The van der Waals surface area contributed by atoms with Gasteiger partial charge < -0.3 is 5.11 Å². The van der Waals surface area contributed by atoms with E-state index >= 15 is 0 Å². The number of thioether (sulfide) groups is 1. The molecule has 1 atom stereocenters. The van der Waals surface area contributed by atoms with Crippen molar-refractivity contribution in [2.75, 3.05) is 0 Å². The van der Waals surface area contributed by atoms with Crippen molar-refractivity contribution in [1.82, 2.24) is 0 Å². The monoisotopic (exact) mass is 270 g/mol. The summed E-state index contributed by atoms with van der Waals surface area (Å²) >= 11 is 1.79. The summed E-state index contributed by atoms with van der Waals surface area (Å²) in [5, 5.41) is 9.20. The highest BCUT2D eigenvalue weighted by Gasteiger charge is 2.25. The first kappa shape index (κ1) is 12.3. The molecule has 0 unspecified atom stereocenters. The maximum absolute atomic E-state index is 11.2. The molecule has 0 bridgehead atoms. The van der Waals surface area contributed by atoms with E-state index < -0.39 is 5.97 Å². The average molecular weight is 270 g/mol. The van der Waals surface area contributed by atoms with Crippen LogP contribution in [0.1, 0.15) is 29.0 Å². The van der Waals surface area contributed by atoms with Gasteiger partial charge in [0.25, 0.3) is 0 Å². The molecule has 19 heavy (non-hydrogen) atoms. The molecule has 0 radical (unpaired) electrons. The molecule has 2 nitrogen and oxygen atoms in total. The van der Waals surface area contributed by atoms with E-state index in [1.54, 1.807) is 11.8 Å². The smallest absolute Gasteiger partial charge is 0.304 e. The van der Waals surface area contributed by atoms with E-state index in [1.807, 2.05) is 24.3 Å². The Morgan fingerprint density at radius 2 is 1.79 bits per heavy atom. The van der Waals surface area contributed by atoms with Gasteiger partial charge in [-0.25, -0.2) is 0 Å². The summed E-state index contributed by atoms with van der Waals surface area (Å²) in [6.45, 7) is 0. The zero-order chi connectivity index (χ0) is 13.2. The SMILES string of the molecule is O=C(O)C[C@H]1c2ccccc2CSc2ccccc21. The fourth-order valence-electron chi connectivity index (χ4n) is 2.62. The molecule has 0 fully saturated rings. The third-order valence-corrected chi connectivity index (χ3v) is 4.62. The summed E-state index contributed by atoms with van der Waals surface area (Å²) < 4.78 is 0. The van der Waals surface area contributed by atoms with Crippen molar-refractivity contribution in [1.29, 1.82) is 0 Å². The molecular weight excluding hydrogens is 256 g/mol. The van der Waals surface area contributed by atoms with Crippen LogP contribution < -0.4 is 0 Å². The summed E-state index contributed by atoms with van der Waals surface area (Å²) in [5.41, 5.74) is 3.54. The van der Waals surface area contributed by atoms with Gasteiger partial charge >= 0.3 is 5.97 Å². The van der Waals surface area contributed by atoms with Crippen molar-refractivity contribution in [3.63, 3.8) is 0 Å². The van der Waals surface area contributed by atoms with Gasteiger partial charge in [0.05, 0.1) is 6.42 Å². The minimum Gasteiger partial charge on any atom is -0.481 e. The molecule has 1 N–H and O–H groups in total. The van der Waals surface area contributed by atoms with E-state index in [0.29, 0.717) is 0 Å². The second-order valence-corrected chi connectivity index (χ2v) is 5.69. The Labute approximate surface area is 116 Å². The lowest BCUT2D eigenvalue weighted by Gasteiger charge is -2.17. The van der Waals surface area contributed by atoms with Crippen LogP contribution in [-0.2, 0) is 10.5 Å². The molecule has 2 aromatic carbocycles. The number of fused-ring (bicyclic) bond motifs is 2. The number of hydrogen-bond acceptors (Lipinski definition) is 2. The van der Waals surface area contributed by atoms with Gasteiger partial charge in [-0.2, -0.15) is 0 Å². The number of hydrogen-bond donors (Lipinski definition) is 1. The van der Waals surface area contributed by atoms with E-state index in [1.165, 1.54) is 10.5 Å². The van der Waals surface area contributed by atoms with Crippen LogP contribution in [0.5, 0.6) is 0 Å². The van der Waals surface area contributed by atoms with Gasteiger partial charge in [0.15, 0.2) is 0 Å². The number of rotatable bonds is 2. The first-order valence-corrected chi connectivity index (χ1v) is 7.25. The van der Waals surface area contributed by atoms with Crippen molar-refractivity contribution in [2.24, 2.45) is 0 Å². The van der Waals surface area contributed by atoms with Gasteiger partial charge in [0, 0.05) is 16.6 Å². The highest BCUT2D eigenvalue weighted by Crippen LogP contribution is 2.41. The molecule has 0 saturated carbocycles. The molecule has 1 aliphatic heterocycles. The number of carbonyl (C=O) groups is 1. The predicted octanol–water partition coefficient (Wildman–Crippen LogP) is 3.90.